The third kappa shape index (κ3) is 21.4. The monoisotopic (exact) mass is 301 g/mol. The Morgan fingerprint density at radius 2 is 1.00 bits per heavy atom. The number of hydrogen-bond donors (Lipinski definition) is 1. The molecule has 0 aromatic carbocycles. The zero-order valence-corrected chi connectivity index (χ0v) is 15.7. The van der Waals surface area contributed by atoms with Crippen LogP contribution >= 0.6 is 0 Å². The summed E-state index contributed by atoms with van der Waals surface area (Å²) in [5.41, 5.74) is 0. The van der Waals surface area contributed by atoms with Gasteiger partial charge in [-0.25, -0.2) is 0 Å². The van der Waals surface area contributed by atoms with E-state index in [4.69, 9.17) is 4.55 Å². The van der Waals surface area contributed by atoms with Gasteiger partial charge in [-0.2, -0.15) is 8.42 Å². The van der Waals surface area contributed by atoms with Crippen LogP contribution in [0.4, 0.5) is 0 Å². The van der Waals surface area contributed by atoms with Crippen LogP contribution in [0.2, 0.25) is 0 Å². The molecule has 5 heteroatoms. The van der Waals surface area contributed by atoms with Gasteiger partial charge in [0.05, 0.1) is 5.75 Å². The van der Waals surface area contributed by atoms with Crippen molar-refractivity contribution in [1.29, 1.82) is 0 Å². The zero-order chi connectivity index (χ0) is 13.7. The average molecular weight is 301 g/mol. The minimum absolute atomic E-state index is 0. The van der Waals surface area contributed by atoms with Gasteiger partial charge in [0.2, 0.25) is 0 Å². The molecule has 0 rings (SSSR count). The second kappa shape index (κ2) is 15.3. The van der Waals surface area contributed by atoms with Crippen LogP contribution in [0.15, 0.2) is 0 Å². The summed E-state index contributed by atoms with van der Waals surface area (Å²) >= 11 is 0. The maximum atomic E-state index is 10.5. The Labute approximate surface area is 142 Å². The van der Waals surface area contributed by atoms with Crippen molar-refractivity contribution in [3.05, 3.63) is 0 Å². The van der Waals surface area contributed by atoms with E-state index >= 15 is 0 Å². The first-order chi connectivity index (χ1) is 8.56. The van der Waals surface area contributed by atoms with Crippen molar-refractivity contribution in [3.8, 4) is 0 Å². The molecule has 0 bridgehead atoms. The van der Waals surface area contributed by atoms with E-state index in [1.54, 1.807) is 0 Å². The van der Waals surface area contributed by atoms with Gasteiger partial charge in [-0.1, -0.05) is 77.6 Å². The van der Waals surface area contributed by atoms with E-state index in [2.05, 4.69) is 6.92 Å². The molecule has 0 fully saturated rings. The second-order valence-electron chi connectivity index (χ2n) is 5.18. The maximum Gasteiger partial charge on any atom is 1.00 e. The van der Waals surface area contributed by atoms with Gasteiger partial charge in [0.15, 0.2) is 0 Å². The Balaban J connectivity index is 0. The van der Waals surface area contributed by atoms with Crippen molar-refractivity contribution < 1.29 is 42.5 Å². The third-order valence-electron chi connectivity index (χ3n) is 3.26. The number of unbranched alkanes of at least 4 members (excludes halogenated alkanes) is 11. The van der Waals surface area contributed by atoms with Gasteiger partial charge in [0.25, 0.3) is 10.1 Å². The summed E-state index contributed by atoms with van der Waals surface area (Å²) in [5.74, 6) is -0.0789. The van der Waals surface area contributed by atoms with E-state index in [-0.39, 0.29) is 35.3 Å². The van der Waals surface area contributed by atoms with Gasteiger partial charge in [0.1, 0.15) is 0 Å². The normalized spacial score (nSPS) is 11.3. The van der Waals surface area contributed by atoms with Gasteiger partial charge in [-0.15, -0.1) is 0 Å². The van der Waals surface area contributed by atoms with Crippen LogP contribution < -0.4 is 29.6 Å². The smallest absolute Gasteiger partial charge is 0.286 e. The van der Waals surface area contributed by atoms with E-state index in [0.29, 0.717) is 6.42 Å². The quantitative estimate of drug-likeness (QED) is 0.319. The molecule has 0 aliphatic carbocycles. The van der Waals surface area contributed by atoms with Crippen LogP contribution in [0.3, 0.4) is 0 Å². The molecule has 3 nitrogen and oxygen atoms in total. The summed E-state index contributed by atoms with van der Waals surface area (Å²) in [6, 6.07) is 0. The van der Waals surface area contributed by atoms with Gasteiger partial charge >= 0.3 is 29.6 Å². The summed E-state index contributed by atoms with van der Waals surface area (Å²) in [7, 11) is -3.74. The third-order valence-corrected chi connectivity index (χ3v) is 4.06. The minimum atomic E-state index is -3.74. The van der Waals surface area contributed by atoms with Crippen LogP contribution in [0.5, 0.6) is 0 Å². The SMILES string of the molecule is CCCCCCCCCCCCCCS(=O)(=O)O.[Na+]. The van der Waals surface area contributed by atoms with Crippen molar-refractivity contribution in [1.82, 2.24) is 0 Å². The molecule has 0 aromatic rings. The molecule has 0 amide bonds. The molecule has 0 atom stereocenters. The van der Waals surface area contributed by atoms with Crippen LogP contribution in [0, 0.1) is 0 Å². The molecule has 0 radical (unpaired) electrons. The molecule has 110 valence electrons. The molecule has 0 aliphatic heterocycles. The Kier molecular flexibility index (Phi) is 17.9. The van der Waals surface area contributed by atoms with E-state index in [0.717, 1.165) is 12.8 Å². The fourth-order valence-electron chi connectivity index (χ4n) is 2.13. The van der Waals surface area contributed by atoms with Gasteiger partial charge in [-0.05, 0) is 6.42 Å². The second-order valence-corrected chi connectivity index (χ2v) is 6.75. The predicted molar refractivity (Wildman–Crippen MR) is 77.5 cm³/mol. The predicted octanol–water partition coefficient (Wildman–Crippen LogP) is 1.58. The van der Waals surface area contributed by atoms with E-state index in [1.807, 2.05) is 0 Å². The standard InChI is InChI=1S/C14H30O3S.Na/c1-2-3-4-5-6-7-8-9-10-11-12-13-14-18(15,16)17;/h2-14H2,1H3,(H,15,16,17);/q;+1. The molecular weight excluding hydrogens is 271 g/mol. The molecule has 0 saturated carbocycles. The molecular formula is C14H30NaO3S+. The molecule has 0 spiro atoms. The van der Waals surface area contributed by atoms with E-state index in [1.165, 1.54) is 57.8 Å². The van der Waals surface area contributed by atoms with Gasteiger partial charge in [-0.3, -0.25) is 4.55 Å². The Morgan fingerprint density at radius 1 is 0.684 bits per heavy atom. The molecule has 0 unspecified atom stereocenters. The summed E-state index contributed by atoms with van der Waals surface area (Å²) in [4.78, 5) is 0. The van der Waals surface area contributed by atoms with E-state index < -0.39 is 10.1 Å². The summed E-state index contributed by atoms with van der Waals surface area (Å²) in [5, 5.41) is 0. The molecule has 0 saturated heterocycles. The number of hydrogen-bond acceptors (Lipinski definition) is 2. The molecule has 0 heterocycles. The average Bonchev–Trinajstić information content (AvgIpc) is 2.29. The van der Waals surface area contributed by atoms with Crippen LogP contribution in [0.1, 0.15) is 84.0 Å². The first kappa shape index (κ1) is 22.2. The van der Waals surface area contributed by atoms with Gasteiger partial charge in [0, 0.05) is 0 Å². The van der Waals surface area contributed by atoms with Crippen molar-refractivity contribution in [2.45, 2.75) is 84.0 Å². The topological polar surface area (TPSA) is 54.4 Å². The van der Waals surface area contributed by atoms with Crippen molar-refractivity contribution in [2.75, 3.05) is 5.75 Å². The first-order valence-corrected chi connectivity index (χ1v) is 9.12. The fraction of sp³-hybridized carbons (Fsp3) is 1.00. The van der Waals surface area contributed by atoms with Crippen LogP contribution in [-0.4, -0.2) is 18.7 Å². The molecule has 1 N–H and O–H groups in total. The summed E-state index contributed by atoms with van der Waals surface area (Å²) < 4.78 is 29.5. The van der Waals surface area contributed by atoms with E-state index in [9.17, 15) is 8.42 Å². The Hall–Kier alpha value is 0.910. The van der Waals surface area contributed by atoms with Crippen molar-refractivity contribution in [2.24, 2.45) is 0 Å². The Bertz CT molecular complexity index is 266. The van der Waals surface area contributed by atoms with Crippen molar-refractivity contribution in [3.63, 3.8) is 0 Å². The minimum Gasteiger partial charge on any atom is -0.286 e. The van der Waals surface area contributed by atoms with Crippen LogP contribution in [0.25, 0.3) is 0 Å². The Morgan fingerprint density at radius 3 is 1.32 bits per heavy atom. The summed E-state index contributed by atoms with van der Waals surface area (Å²) in [6.07, 6.45) is 14.5. The van der Waals surface area contributed by atoms with Crippen molar-refractivity contribution >= 4 is 10.1 Å². The summed E-state index contributed by atoms with van der Waals surface area (Å²) in [6.45, 7) is 2.24. The van der Waals surface area contributed by atoms with Crippen LogP contribution in [-0.2, 0) is 10.1 Å². The zero-order valence-electron chi connectivity index (χ0n) is 12.9. The first-order valence-electron chi connectivity index (χ1n) is 7.51. The largest absolute Gasteiger partial charge is 1.00 e. The maximum absolute atomic E-state index is 10.5. The fourth-order valence-corrected chi connectivity index (χ4v) is 2.69. The molecule has 0 aliphatic rings. The molecule has 0 aromatic heterocycles. The van der Waals surface area contributed by atoms with Gasteiger partial charge < -0.3 is 0 Å². The number of rotatable bonds is 13. The molecule has 19 heavy (non-hydrogen) atoms.